The van der Waals surface area contributed by atoms with Gasteiger partial charge in [0.05, 0.1) is 5.69 Å². The molecule has 0 spiro atoms. The Balaban J connectivity index is 2.35. The summed E-state index contributed by atoms with van der Waals surface area (Å²) < 4.78 is 1.76. The summed E-state index contributed by atoms with van der Waals surface area (Å²) in [6.45, 7) is 1.43. The zero-order valence-electron chi connectivity index (χ0n) is 8.94. The Bertz CT molecular complexity index is 309. The van der Waals surface area contributed by atoms with Gasteiger partial charge in [-0.05, 0) is 13.0 Å². The summed E-state index contributed by atoms with van der Waals surface area (Å²) in [6.07, 6.45) is 3.82. The molecule has 0 atom stereocenters. The first kappa shape index (κ1) is 11.6. The van der Waals surface area contributed by atoms with E-state index in [1.54, 1.807) is 11.7 Å². The second kappa shape index (κ2) is 6.13. The third kappa shape index (κ3) is 4.07. The number of nitrogens with zero attached hydrogens (tertiary/aromatic N) is 3. The van der Waals surface area contributed by atoms with Crippen LogP contribution in [0.5, 0.6) is 0 Å². The molecule has 0 saturated carbocycles. The number of rotatable bonds is 6. The van der Waals surface area contributed by atoms with Crippen LogP contribution in [0.2, 0.25) is 0 Å². The fraction of sp³-hybridized carbons (Fsp3) is 0.667. The van der Waals surface area contributed by atoms with Crippen LogP contribution in [0, 0.1) is 0 Å². The molecule has 0 bridgehead atoms. The third-order valence-corrected chi connectivity index (χ3v) is 2.06. The van der Waals surface area contributed by atoms with Gasteiger partial charge in [0.25, 0.3) is 0 Å². The number of nitrogens with one attached hydrogen (secondary N) is 1. The van der Waals surface area contributed by atoms with E-state index in [-0.39, 0.29) is 5.91 Å². The highest BCUT2D eigenvalue weighted by Crippen LogP contribution is 1.98. The van der Waals surface area contributed by atoms with Gasteiger partial charge < -0.3 is 11.1 Å². The summed E-state index contributed by atoms with van der Waals surface area (Å²) >= 11 is 0. The summed E-state index contributed by atoms with van der Waals surface area (Å²) in [5, 5.41) is 10.5. The van der Waals surface area contributed by atoms with Crippen LogP contribution in [-0.2, 0) is 17.8 Å². The van der Waals surface area contributed by atoms with Crippen LogP contribution in [0.3, 0.4) is 0 Å². The molecule has 1 aromatic rings. The number of nitrogens with two attached hydrogens (primary N) is 1. The Labute approximate surface area is 88.8 Å². The lowest BCUT2D eigenvalue weighted by atomic mass is 10.2. The summed E-state index contributed by atoms with van der Waals surface area (Å²) in [6, 6.07) is 0. The van der Waals surface area contributed by atoms with Crippen molar-refractivity contribution in [1.82, 2.24) is 20.3 Å². The predicted octanol–water partition coefficient (Wildman–Crippen LogP) is -0.694. The van der Waals surface area contributed by atoms with Crippen LogP contribution in [0.15, 0.2) is 6.20 Å². The van der Waals surface area contributed by atoms with E-state index >= 15 is 0 Å². The Morgan fingerprint density at radius 1 is 1.67 bits per heavy atom. The van der Waals surface area contributed by atoms with Crippen molar-refractivity contribution in [2.24, 2.45) is 5.73 Å². The average molecular weight is 211 g/mol. The minimum Gasteiger partial charge on any atom is -0.359 e. The van der Waals surface area contributed by atoms with E-state index in [4.69, 9.17) is 5.73 Å². The van der Waals surface area contributed by atoms with Gasteiger partial charge in [0.2, 0.25) is 5.91 Å². The minimum atomic E-state index is 0.0199. The molecule has 6 heteroatoms. The summed E-state index contributed by atoms with van der Waals surface area (Å²) in [4.78, 5) is 11.0. The lowest BCUT2D eigenvalue weighted by Crippen LogP contribution is -2.17. The highest BCUT2D eigenvalue weighted by Gasteiger charge is 2.03. The molecule has 0 aliphatic heterocycles. The van der Waals surface area contributed by atoms with Crippen LogP contribution in [0.4, 0.5) is 0 Å². The number of hydrogen-bond acceptors (Lipinski definition) is 4. The van der Waals surface area contributed by atoms with Crippen LogP contribution in [0.25, 0.3) is 0 Å². The van der Waals surface area contributed by atoms with Gasteiger partial charge in [-0.3, -0.25) is 9.48 Å². The van der Waals surface area contributed by atoms with E-state index in [1.807, 2.05) is 6.20 Å². The van der Waals surface area contributed by atoms with Gasteiger partial charge >= 0.3 is 0 Å². The quantitative estimate of drug-likeness (QED) is 0.652. The Morgan fingerprint density at radius 2 is 2.47 bits per heavy atom. The van der Waals surface area contributed by atoms with E-state index in [0.29, 0.717) is 19.4 Å². The summed E-state index contributed by atoms with van der Waals surface area (Å²) in [5.74, 6) is 0.0199. The number of hydrogen-bond donors (Lipinski definition) is 2. The highest BCUT2D eigenvalue weighted by atomic mass is 16.1. The largest absolute Gasteiger partial charge is 0.359 e. The van der Waals surface area contributed by atoms with Gasteiger partial charge in [-0.25, -0.2) is 0 Å². The lowest BCUT2D eigenvalue weighted by molar-refractivity contribution is -0.120. The molecule has 6 nitrogen and oxygen atoms in total. The second-order valence-corrected chi connectivity index (χ2v) is 3.29. The molecule has 84 valence electrons. The van der Waals surface area contributed by atoms with Gasteiger partial charge in [0.1, 0.15) is 0 Å². The third-order valence-electron chi connectivity index (χ3n) is 2.06. The molecule has 1 aromatic heterocycles. The summed E-state index contributed by atoms with van der Waals surface area (Å²) in [7, 11) is 1.63. The Kier molecular flexibility index (Phi) is 4.76. The maximum Gasteiger partial charge on any atom is 0.220 e. The second-order valence-electron chi connectivity index (χ2n) is 3.29. The number of carbonyl (C=O) groups is 1. The fourth-order valence-electron chi connectivity index (χ4n) is 1.18. The molecule has 1 rings (SSSR count). The smallest absolute Gasteiger partial charge is 0.220 e. The van der Waals surface area contributed by atoms with E-state index in [9.17, 15) is 4.79 Å². The van der Waals surface area contributed by atoms with Crippen molar-refractivity contribution in [2.45, 2.75) is 25.8 Å². The highest BCUT2D eigenvalue weighted by molar-refractivity contribution is 5.75. The van der Waals surface area contributed by atoms with Crippen molar-refractivity contribution in [3.05, 3.63) is 11.9 Å². The molecule has 0 aliphatic carbocycles. The zero-order valence-corrected chi connectivity index (χ0v) is 8.94. The van der Waals surface area contributed by atoms with Gasteiger partial charge in [-0.2, -0.15) is 0 Å². The first-order valence-corrected chi connectivity index (χ1v) is 5.06. The topological polar surface area (TPSA) is 85.8 Å². The normalized spacial score (nSPS) is 10.3. The molecule has 0 saturated heterocycles. The van der Waals surface area contributed by atoms with Gasteiger partial charge in [0, 0.05) is 32.6 Å². The number of aryl methyl sites for hydroxylation is 2. The van der Waals surface area contributed by atoms with Crippen LogP contribution in [0.1, 0.15) is 18.5 Å². The number of carbonyl (C=O) groups excluding carboxylic acids is 1. The molecule has 0 radical (unpaired) electrons. The Hall–Kier alpha value is -1.43. The zero-order chi connectivity index (χ0) is 11.1. The maximum atomic E-state index is 11.0. The van der Waals surface area contributed by atoms with Gasteiger partial charge in [-0.1, -0.05) is 5.21 Å². The van der Waals surface area contributed by atoms with Crippen molar-refractivity contribution in [2.75, 3.05) is 13.6 Å². The monoisotopic (exact) mass is 211 g/mol. The van der Waals surface area contributed by atoms with Crippen LogP contribution < -0.4 is 11.1 Å². The van der Waals surface area contributed by atoms with Gasteiger partial charge in [0.15, 0.2) is 0 Å². The molecular formula is C9H17N5O. The molecule has 0 aromatic carbocycles. The van der Waals surface area contributed by atoms with E-state index in [0.717, 1.165) is 18.7 Å². The average Bonchev–Trinajstić information content (AvgIpc) is 2.71. The maximum absolute atomic E-state index is 11.0. The number of amides is 1. The van der Waals surface area contributed by atoms with Crippen molar-refractivity contribution in [1.29, 1.82) is 0 Å². The fourth-order valence-corrected chi connectivity index (χ4v) is 1.18. The lowest BCUT2D eigenvalue weighted by Gasteiger charge is -1.96. The summed E-state index contributed by atoms with van der Waals surface area (Å²) in [5.41, 5.74) is 6.23. The van der Waals surface area contributed by atoms with Crippen molar-refractivity contribution in [3.8, 4) is 0 Å². The molecule has 1 heterocycles. The first-order valence-electron chi connectivity index (χ1n) is 5.06. The van der Waals surface area contributed by atoms with Crippen LogP contribution in [-0.4, -0.2) is 34.5 Å². The standard InChI is InChI=1S/C9H17N5O/c1-11-9(15)4-3-8-7-14(13-12-8)6-2-5-10/h7H,2-6,10H2,1H3,(H,11,15). The first-order chi connectivity index (χ1) is 7.26. The molecule has 0 aliphatic rings. The Morgan fingerprint density at radius 3 is 3.13 bits per heavy atom. The predicted molar refractivity (Wildman–Crippen MR) is 56.1 cm³/mol. The SMILES string of the molecule is CNC(=O)CCc1cn(CCCN)nn1. The van der Waals surface area contributed by atoms with E-state index in [2.05, 4.69) is 15.6 Å². The molecule has 0 unspecified atom stereocenters. The molecular weight excluding hydrogens is 194 g/mol. The van der Waals surface area contributed by atoms with E-state index < -0.39 is 0 Å². The molecule has 15 heavy (non-hydrogen) atoms. The molecule has 0 fully saturated rings. The van der Waals surface area contributed by atoms with Crippen molar-refractivity contribution in [3.63, 3.8) is 0 Å². The van der Waals surface area contributed by atoms with Crippen LogP contribution >= 0.6 is 0 Å². The molecule has 3 N–H and O–H groups in total. The van der Waals surface area contributed by atoms with Crippen molar-refractivity contribution < 1.29 is 4.79 Å². The van der Waals surface area contributed by atoms with Crippen molar-refractivity contribution >= 4 is 5.91 Å². The molecule has 1 amide bonds. The van der Waals surface area contributed by atoms with Gasteiger partial charge in [-0.15, -0.1) is 5.10 Å². The van der Waals surface area contributed by atoms with E-state index in [1.165, 1.54) is 0 Å². The number of aromatic nitrogens is 3. The minimum absolute atomic E-state index is 0.0199.